The summed E-state index contributed by atoms with van der Waals surface area (Å²) in [5, 5.41) is 24.0. The number of nitrogens with zero attached hydrogens (tertiary/aromatic N) is 5. The van der Waals surface area contributed by atoms with E-state index in [2.05, 4.69) is 39.2 Å². The van der Waals surface area contributed by atoms with Gasteiger partial charge in [-0.3, -0.25) is 14.7 Å². The molecule has 3 N–H and O–H groups in total. The maximum absolute atomic E-state index is 12.9. The average molecular weight is 637 g/mol. The summed E-state index contributed by atoms with van der Waals surface area (Å²) in [6, 6.07) is 16.1. The molecule has 0 amide bonds. The molecule has 1 aliphatic rings. The minimum atomic E-state index is -0.369. The number of β-amino-alcohol motifs (C(OH)–C–C–N with tert-alkyl or cyclic N) is 1. The van der Waals surface area contributed by atoms with Crippen LogP contribution in [0, 0.1) is 13.8 Å². The Labute approximate surface area is 269 Å². The molecule has 5 heterocycles. The molecule has 4 aromatic heterocycles. The van der Waals surface area contributed by atoms with Crippen LogP contribution in [-0.4, -0.2) is 60.4 Å². The number of nitrogens with one attached hydrogen (secondary N) is 1. The lowest BCUT2D eigenvalue weighted by Gasteiger charge is -2.17. The lowest BCUT2D eigenvalue weighted by atomic mass is 9.93. The Hall–Kier alpha value is -4.61. The second-order valence-corrected chi connectivity index (χ2v) is 12.1. The second-order valence-electron chi connectivity index (χ2n) is 11.7. The number of fused-ring (bicyclic) bond motifs is 2. The number of halogens is 1. The number of benzene rings is 2. The highest BCUT2D eigenvalue weighted by atomic mass is 35.5. The summed E-state index contributed by atoms with van der Waals surface area (Å²) in [4.78, 5) is 29.1. The lowest BCUT2D eigenvalue weighted by molar-refractivity contribution is 0.175. The van der Waals surface area contributed by atoms with E-state index in [0.717, 1.165) is 69.5 Å². The van der Waals surface area contributed by atoms with E-state index in [1.807, 2.05) is 49.5 Å². The fourth-order valence-corrected chi connectivity index (χ4v) is 6.50. The van der Waals surface area contributed by atoms with Crippen LogP contribution in [0.15, 0.2) is 76.3 Å². The Bertz CT molecular complexity index is 2160. The van der Waals surface area contributed by atoms with Gasteiger partial charge in [-0.1, -0.05) is 35.9 Å². The van der Waals surface area contributed by atoms with Gasteiger partial charge in [0.25, 0.3) is 5.56 Å². The van der Waals surface area contributed by atoms with E-state index >= 15 is 0 Å². The predicted octanol–water partition coefficient (Wildman–Crippen LogP) is 5.84. The summed E-state index contributed by atoms with van der Waals surface area (Å²) in [6.45, 7) is 6.31. The zero-order valence-corrected chi connectivity index (χ0v) is 26.3. The highest BCUT2D eigenvalue weighted by Crippen LogP contribution is 2.37. The molecule has 0 saturated carbocycles. The molecule has 1 fully saturated rings. The molecule has 0 aliphatic carbocycles. The van der Waals surface area contributed by atoms with Gasteiger partial charge in [0.1, 0.15) is 10.5 Å². The standard InChI is InChI=1S/C35H33ClN6O4/c1-20-25(5-3-7-27(20)34-40-31-32(46-34)28(36)19-42(13-14-43)35(31)45)26-6-4-8-29(21(26)2)39-33-30-23(9-11-37-33)15-22(16-38-30)17-41-12-10-24(44)18-41/h3-9,11,15-16,19,24,43-44H,10,12-14,17-18H2,1-2H3,(H,37,39)/t24-/m1/s1. The number of pyridine rings is 3. The summed E-state index contributed by atoms with van der Waals surface area (Å²) < 4.78 is 7.37. The zero-order valence-electron chi connectivity index (χ0n) is 25.5. The number of hydrogen-bond donors (Lipinski definition) is 3. The topological polar surface area (TPSA) is 130 Å². The fraction of sp³-hybridized carbons (Fsp3) is 0.257. The highest BCUT2D eigenvalue weighted by Gasteiger charge is 2.21. The van der Waals surface area contributed by atoms with Gasteiger partial charge in [0.2, 0.25) is 5.89 Å². The van der Waals surface area contributed by atoms with Crippen molar-refractivity contribution in [2.24, 2.45) is 0 Å². The smallest absolute Gasteiger partial charge is 0.280 e. The van der Waals surface area contributed by atoms with Gasteiger partial charge < -0.3 is 24.5 Å². The minimum absolute atomic E-state index is 0.116. The van der Waals surface area contributed by atoms with Gasteiger partial charge in [0, 0.05) is 61.4 Å². The number of oxazole rings is 1. The van der Waals surface area contributed by atoms with Crippen LogP contribution in [0.3, 0.4) is 0 Å². The van der Waals surface area contributed by atoms with Crippen LogP contribution in [0.25, 0.3) is 44.6 Å². The third-order valence-corrected chi connectivity index (χ3v) is 8.94. The highest BCUT2D eigenvalue weighted by molar-refractivity contribution is 6.34. The summed E-state index contributed by atoms with van der Waals surface area (Å²) in [6.07, 6.45) is 5.69. The third-order valence-electron chi connectivity index (χ3n) is 8.67. The summed E-state index contributed by atoms with van der Waals surface area (Å²) in [7, 11) is 0. The van der Waals surface area contributed by atoms with E-state index in [0.29, 0.717) is 18.3 Å². The molecule has 11 heteroatoms. The molecule has 2 aromatic carbocycles. The van der Waals surface area contributed by atoms with Gasteiger partial charge in [0.15, 0.2) is 16.9 Å². The molecule has 234 valence electrons. The molecule has 1 saturated heterocycles. The predicted molar refractivity (Wildman–Crippen MR) is 179 cm³/mol. The van der Waals surface area contributed by atoms with Crippen LogP contribution < -0.4 is 10.9 Å². The normalized spacial score (nSPS) is 15.3. The Kier molecular flexibility index (Phi) is 8.04. The molecule has 0 unspecified atom stereocenters. The monoisotopic (exact) mass is 636 g/mol. The number of likely N-dealkylation sites (tertiary alicyclic amines) is 1. The quantitative estimate of drug-likeness (QED) is 0.189. The first kappa shape index (κ1) is 30.1. The van der Waals surface area contributed by atoms with Gasteiger partial charge in [-0.15, -0.1) is 0 Å². The van der Waals surface area contributed by atoms with Crippen LogP contribution in [0.5, 0.6) is 0 Å². The third kappa shape index (κ3) is 5.54. The molecule has 1 atom stereocenters. The number of aliphatic hydroxyl groups is 2. The van der Waals surface area contributed by atoms with E-state index in [4.69, 9.17) is 21.0 Å². The number of anilines is 2. The first-order valence-electron chi connectivity index (χ1n) is 15.2. The Morgan fingerprint density at radius 2 is 1.83 bits per heavy atom. The molecular weight excluding hydrogens is 604 g/mol. The van der Waals surface area contributed by atoms with Gasteiger partial charge in [-0.05, 0) is 72.4 Å². The molecule has 10 nitrogen and oxygen atoms in total. The lowest BCUT2D eigenvalue weighted by Crippen LogP contribution is -2.21. The Morgan fingerprint density at radius 1 is 1.04 bits per heavy atom. The van der Waals surface area contributed by atoms with Crippen LogP contribution in [0.2, 0.25) is 5.02 Å². The molecule has 0 radical (unpaired) electrons. The van der Waals surface area contributed by atoms with Crippen LogP contribution in [0.4, 0.5) is 11.5 Å². The van der Waals surface area contributed by atoms with Crippen molar-refractivity contribution in [3.63, 3.8) is 0 Å². The molecule has 1 aliphatic heterocycles. The molecule has 0 bridgehead atoms. The van der Waals surface area contributed by atoms with Crippen LogP contribution in [0.1, 0.15) is 23.1 Å². The first-order chi connectivity index (χ1) is 22.3. The van der Waals surface area contributed by atoms with E-state index in [9.17, 15) is 15.0 Å². The van der Waals surface area contributed by atoms with Gasteiger partial charge in [-0.25, -0.2) is 9.97 Å². The maximum atomic E-state index is 12.9. The number of hydrogen-bond acceptors (Lipinski definition) is 9. The summed E-state index contributed by atoms with van der Waals surface area (Å²) in [5.41, 5.74) is 7.48. The summed E-state index contributed by atoms with van der Waals surface area (Å²) in [5.74, 6) is 0.968. The largest absolute Gasteiger partial charge is 0.434 e. The van der Waals surface area contributed by atoms with E-state index < -0.39 is 0 Å². The van der Waals surface area contributed by atoms with E-state index in [1.54, 1.807) is 6.20 Å². The van der Waals surface area contributed by atoms with Crippen molar-refractivity contribution in [1.82, 2.24) is 24.4 Å². The van der Waals surface area contributed by atoms with Crippen molar-refractivity contribution in [1.29, 1.82) is 0 Å². The molecular formula is C35H33ClN6O4. The molecule has 6 aromatic rings. The van der Waals surface area contributed by atoms with Gasteiger partial charge >= 0.3 is 0 Å². The van der Waals surface area contributed by atoms with Crippen molar-refractivity contribution >= 4 is 45.1 Å². The van der Waals surface area contributed by atoms with Crippen LogP contribution in [-0.2, 0) is 13.1 Å². The average Bonchev–Trinajstić information content (AvgIpc) is 3.68. The second kappa shape index (κ2) is 12.3. The van der Waals surface area contributed by atoms with Crippen molar-refractivity contribution in [2.75, 3.05) is 25.0 Å². The Morgan fingerprint density at radius 3 is 2.61 bits per heavy atom. The van der Waals surface area contributed by atoms with Crippen molar-refractivity contribution < 1.29 is 14.6 Å². The Balaban J connectivity index is 1.21. The number of aliphatic hydroxyl groups excluding tert-OH is 2. The number of aromatic nitrogens is 4. The fourth-order valence-electron chi connectivity index (χ4n) is 6.25. The van der Waals surface area contributed by atoms with Crippen molar-refractivity contribution in [2.45, 2.75) is 39.5 Å². The zero-order chi connectivity index (χ0) is 31.9. The molecule has 46 heavy (non-hydrogen) atoms. The first-order valence-corrected chi connectivity index (χ1v) is 15.6. The van der Waals surface area contributed by atoms with Crippen molar-refractivity contribution in [3.05, 3.63) is 99.2 Å². The van der Waals surface area contributed by atoms with Crippen molar-refractivity contribution in [3.8, 4) is 22.6 Å². The van der Waals surface area contributed by atoms with Gasteiger partial charge in [-0.2, -0.15) is 0 Å². The SMILES string of the molecule is Cc1c(Nc2nccc3cc(CN4CC[C@@H](O)C4)cnc23)cccc1-c1cccc(-c2nc3c(=O)n(CCO)cc(Cl)c3o2)c1C. The molecule has 0 spiro atoms. The number of rotatable bonds is 8. The molecule has 7 rings (SSSR count). The van der Waals surface area contributed by atoms with Gasteiger partial charge in [0.05, 0.1) is 12.7 Å². The van der Waals surface area contributed by atoms with Crippen LogP contribution >= 0.6 is 11.6 Å². The summed E-state index contributed by atoms with van der Waals surface area (Å²) >= 11 is 6.42. The van der Waals surface area contributed by atoms with E-state index in [-0.39, 0.29) is 40.9 Å². The maximum Gasteiger partial charge on any atom is 0.280 e. The van der Waals surface area contributed by atoms with E-state index in [1.165, 1.54) is 10.8 Å². The minimum Gasteiger partial charge on any atom is -0.434 e.